The van der Waals surface area contributed by atoms with E-state index >= 15 is 0 Å². The van der Waals surface area contributed by atoms with Gasteiger partial charge in [0.1, 0.15) is 11.8 Å². The molecule has 1 aromatic rings. The molecule has 11 heteroatoms. The Bertz CT molecular complexity index is 783. The van der Waals surface area contributed by atoms with E-state index in [0.717, 1.165) is 17.0 Å². The number of anilines is 2. The third kappa shape index (κ3) is 3.56. The van der Waals surface area contributed by atoms with Gasteiger partial charge in [0, 0.05) is 43.2 Å². The summed E-state index contributed by atoms with van der Waals surface area (Å²) in [6.07, 6.45) is -1.36. The highest BCUT2D eigenvalue weighted by atomic mass is 19.1. The third-order valence-corrected chi connectivity index (χ3v) is 5.30. The number of benzene rings is 1. The number of cyclic esters (lactones) is 1. The molecule has 0 bridgehead atoms. The summed E-state index contributed by atoms with van der Waals surface area (Å²) in [4.78, 5) is 19.7. The molecule has 1 aromatic carbocycles. The molecule has 9 nitrogen and oxygen atoms in total. The molecule has 3 saturated heterocycles. The highest BCUT2D eigenvalue weighted by Gasteiger charge is 2.34. The second-order valence-electron chi connectivity index (χ2n) is 7.00. The van der Waals surface area contributed by atoms with Crippen LogP contribution in [0.2, 0.25) is 0 Å². The zero-order valence-corrected chi connectivity index (χ0v) is 15.1. The van der Waals surface area contributed by atoms with E-state index in [0.29, 0.717) is 45.4 Å². The fourth-order valence-corrected chi connectivity index (χ4v) is 3.71. The predicted octanol–water partition coefficient (Wildman–Crippen LogP) is 2.12. The Morgan fingerprint density at radius 3 is 2.43 bits per heavy atom. The molecule has 0 saturated carbocycles. The summed E-state index contributed by atoms with van der Waals surface area (Å²) in [6.45, 7) is 3.93. The minimum absolute atomic E-state index is 0.0297. The van der Waals surface area contributed by atoms with E-state index in [4.69, 9.17) is 15.0 Å². The molecule has 0 aromatic heterocycles. The SMILES string of the molecule is [N-]=[N+]=NC[C@H]1CN(c2cc(F)c(N3CCN(C4COC4)CC3)c(F)c2)C(=O)O1. The maximum Gasteiger partial charge on any atom is 0.414 e. The molecule has 0 aliphatic carbocycles. The van der Waals surface area contributed by atoms with Gasteiger partial charge in [-0.05, 0) is 5.53 Å². The van der Waals surface area contributed by atoms with Crippen molar-refractivity contribution in [2.75, 3.05) is 62.3 Å². The van der Waals surface area contributed by atoms with Crippen LogP contribution in [0.5, 0.6) is 0 Å². The van der Waals surface area contributed by atoms with Crippen molar-refractivity contribution >= 4 is 17.5 Å². The molecule has 3 fully saturated rings. The van der Waals surface area contributed by atoms with Gasteiger partial charge < -0.3 is 14.4 Å². The molecule has 0 spiro atoms. The molecule has 150 valence electrons. The number of rotatable bonds is 5. The largest absolute Gasteiger partial charge is 0.444 e. The van der Waals surface area contributed by atoms with Crippen LogP contribution in [0.3, 0.4) is 0 Å². The number of azide groups is 1. The van der Waals surface area contributed by atoms with Gasteiger partial charge in [-0.25, -0.2) is 13.6 Å². The van der Waals surface area contributed by atoms with Gasteiger partial charge in [0.25, 0.3) is 0 Å². The van der Waals surface area contributed by atoms with Crippen molar-refractivity contribution in [3.05, 3.63) is 34.2 Å². The molecule has 3 aliphatic heterocycles. The number of hydrogen-bond acceptors (Lipinski definition) is 6. The van der Waals surface area contributed by atoms with Crippen LogP contribution >= 0.6 is 0 Å². The first kappa shape index (κ1) is 18.7. The number of hydrogen-bond donors (Lipinski definition) is 0. The van der Waals surface area contributed by atoms with Crippen LogP contribution in [-0.2, 0) is 9.47 Å². The average molecular weight is 394 g/mol. The van der Waals surface area contributed by atoms with Crippen molar-refractivity contribution in [3.63, 3.8) is 0 Å². The molecule has 1 amide bonds. The highest BCUT2D eigenvalue weighted by molar-refractivity contribution is 5.90. The summed E-state index contributed by atoms with van der Waals surface area (Å²) in [5, 5.41) is 3.37. The van der Waals surface area contributed by atoms with Gasteiger partial charge in [0.2, 0.25) is 0 Å². The Morgan fingerprint density at radius 2 is 1.86 bits per heavy atom. The first-order valence-electron chi connectivity index (χ1n) is 9.11. The Balaban J connectivity index is 1.46. The fraction of sp³-hybridized carbons (Fsp3) is 0.588. The normalized spacial score (nSPS) is 23.4. The zero-order chi connectivity index (χ0) is 19.7. The van der Waals surface area contributed by atoms with E-state index in [9.17, 15) is 13.6 Å². The predicted molar refractivity (Wildman–Crippen MR) is 96.4 cm³/mol. The zero-order valence-electron chi connectivity index (χ0n) is 15.1. The molecule has 0 unspecified atom stereocenters. The lowest BCUT2D eigenvalue weighted by molar-refractivity contribution is -0.0661. The standard InChI is InChI=1S/C17H20F2N6O3/c18-14-5-11(25-8-13(7-21-22-20)28-17(25)26)6-15(19)16(14)24-3-1-23(2-4-24)12-9-27-10-12/h5-6,12-13H,1-4,7-10H2/t13-/m0/s1. The van der Waals surface area contributed by atoms with Crippen LogP contribution in [0.1, 0.15) is 0 Å². The van der Waals surface area contributed by atoms with Gasteiger partial charge in [-0.15, -0.1) is 0 Å². The number of carbonyl (C=O) groups is 1. The Labute approximate surface area is 160 Å². The molecule has 0 radical (unpaired) electrons. The van der Waals surface area contributed by atoms with Gasteiger partial charge in [-0.2, -0.15) is 0 Å². The lowest BCUT2D eigenvalue weighted by Gasteiger charge is -2.43. The van der Waals surface area contributed by atoms with Crippen molar-refractivity contribution in [2.45, 2.75) is 12.1 Å². The smallest absolute Gasteiger partial charge is 0.414 e. The molecule has 3 heterocycles. The summed E-state index contributed by atoms with van der Waals surface area (Å²) >= 11 is 0. The number of nitrogens with zero attached hydrogens (tertiary/aromatic N) is 6. The number of amides is 1. The van der Waals surface area contributed by atoms with E-state index in [1.807, 2.05) is 0 Å². The van der Waals surface area contributed by atoms with Gasteiger partial charge in [-0.1, -0.05) is 5.11 Å². The number of ether oxygens (including phenoxy) is 2. The minimum atomic E-state index is -0.721. The Morgan fingerprint density at radius 1 is 1.18 bits per heavy atom. The van der Waals surface area contributed by atoms with Crippen LogP contribution in [0, 0.1) is 11.6 Å². The summed E-state index contributed by atoms with van der Waals surface area (Å²) in [5.74, 6) is -1.44. The molecular formula is C17H20F2N6O3. The number of carbonyl (C=O) groups excluding carboxylic acids is 1. The Hall–Kier alpha value is -2.62. The minimum Gasteiger partial charge on any atom is -0.444 e. The van der Waals surface area contributed by atoms with Crippen LogP contribution in [-0.4, -0.2) is 75.6 Å². The van der Waals surface area contributed by atoms with Crippen molar-refractivity contribution in [1.82, 2.24) is 4.90 Å². The van der Waals surface area contributed by atoms with Gasteiger partial charge >= 0.3 is 6.09 Å². The topological polar surface area (TPSA) is 94.0 Å². The van der Waals surface area contributed by atoms with Crippen LogP contribution in [0.25, 0.3) is 10.4 Å². The fourth-order valence-electron chi connectivity index (χ4n) is 3.71. The number of piperazine rings is 1. The molecule has 28 heavy (non-hydrogen) atoms. The first-order chi connectivity index (χ1) is 13.6. The van der Waals surface area contributed by atoms with Crippen molar-refractivity contribution in [2.24, 2.45) is 5.11 Å². The lowest BCUT2D eigenvalue weighted by Crippen LogP contribution is -2.56. The molecule has 0 N–H and O–H groups in total. The van der Waals surface area contributed by atoms with Crippen molar-refractivity contribution in [1.29, 1.82) is 0 Å². The van der Waals surface area contributed by atoms with E-state index in [1.54, 1.807) is 4.90 Å². The summed E-state index contributed by atoms with van der Waals surface area (Å²) in [7, 11) is 0. The van der Waals surface area contributed by atoms with E-state index in [1.165, 1.54) is 0 Å². The van der Waals surface area contributed by atoms with Gasteiger partial charge in [0.15, 0.2) is 11.6 Å². The van der Waals surface area contributed by atoms with Crippen LogP contribution < -0.4 is 9.80 Å². The quantitative estimate of drug-likeness (QED) is 0.433. The maximum absolute atomic E-state index is 14.7. The monoisotopic (exact) mass is 394 g/mol. The third-order valence-electron chi connectivity index (χ3n) is 5.30. The second kappa shape index (κ2) is 7.78. The van der Waals surface area contributed by atoms with Crippen LogP contribution in [0.15, 0.2) is 17.2 Å². The van der Waals surface area contributed by atoms with Crippen molar-refractivity contribution < 1.29 is 23.0 Å². The van der Waals surface area contributed by atoms with Crippen molar-refractivity contribution in [3.8, 4) is 0 Å². The van der Waals surface area contributed by atoms with Gasteiger partial charge in [-0.3, -0.25) is 9.80 Å². The summed E-state index contributed by atoms with van der Waals surface area (Å²) in [5.41, 5.74) is 8.36. The van der Waals surface area contributed by atoms with E-state index in [2.05, 4.69) is 14.9 Å². The Kier molecular flexibility index (Phi) is 5.21. The molecule has 3 aliphatic rings. The number of halogens is 2. The van der Waals surface area contributed by atoms with Gasteiger partial charge in [0.05, 0.1) is 38.0 Å². The molecule has 1 atom stereocenters. The van der Waals surface area contributed by atoms with E-state index < -0.39 is 23.8 Å². The van der Waals surface area contributed by atoms with E-state index in [-0.39, 0.29) is 24.5 Å². The average Bonchev–Trinajstić information content (AvgIpc) is 3.00. The molecular weight excluding hydrogens is 374 g/mol. The lowest BCUT2D eigenvalue weighted by atomic mass is 10.1. The second-order valence-corrected chi connectivity index (χ2v) is 7.00. The van der Waals surface area contributed by atoms with Crippen LogP contribution in [0.4, 0.5) is 25.0 Å². The first-order valence-corrected chi connectivity index (χ1v) is 9.11. The summed E-state index contributed by atoms with van der Waals surface area (Å²) in [6, 6.07) is 2.68. The summed E-state index contributed by atoms with van der Waals surface area (Å²) < 4.78 is 39.8. The molecule has 4 rings (SSSR count). The highest BCUT2D eigenvalue weighted by Crippen LogP contribution is 2.32. The maximum atomic E-state index is 14.7.